The van der Waals surface area contributed by atoms with Crippen molar-refractivity contribution in [3.8, 4) is 0 Å². The van der Waals surface area contributed by atoms with Gasteiger partial charge >= 0.3 is 0 Å². The van der Waals surface area contributed by atoms with Crippen LogP contribution in [-0.2, 0) is 9.59 Å². The van der Waals surface area contributed by atoms with Crippen molar-refractivity contribution in [2.24, 2.45) is 11.3 Å². The van der Waals surface area contributed by atoms with Crippen LogP contribution in [0.5, 0.6) is 0 Å². The molecule has 1 saturated carbocycles. The second-order valence-electron chi connectivity index (χ2n) is 7.46. The second kappa shape index (κ2) is 6.94. The Hall–Kier alpha value is -1.63. The van der Waals surface area contributed by atoms with E-state index in [2.05, 4.69) is 14.9 Å². The number of amides is 2. The van der Waals surface area contributed by atoms with Gasteiger partial charge in [0.25, 0.3) is 0 Å². The van der Waals surface area contributed by atoms with Gasteiger partial charge in [-0.2, -0.15) is 0 Å². The van der Waals surface area contributed by atoms with Crippen molar-refractivity contribution in [1.82, 2.24) is 19.8 Å². The average Bonchev–Trinajstić information content (AvgIpc) is 3.35. The molecule has 1 spiro atoms. The summed E-state index contributed by atoms with van der Waals surface area (Å²) in [6.07, 6.45) is 8.68. The van der Waals surface area contributed by atoms with Crippen molar-refractivity contribution in [3.05, 3.63) is 18.5 Å². The van der Waals surface area contributed by atoms with Gasteiger partial charge in [-0.1, -0.05) is 11.8 Å². The fourth-order valence-corrected chi connectivity index (χ4v) is 4.69. The summed E-state index contributed by atoms with van der Waals surface area (Å²) in [7, 11) is 0. The molecule has 0 N–H and O–H groups in total. The van der Waals surface area contributed by atoms with Crippen molar-refractivity contribution in [3.63, 3.8) is 0 Å². The van der Waals surface area contributed by atoms with Crippen LogP contribution in [-0.4, -0.2) is 63.5 Å². The summed E-state index contributed by atoms with van der Waals surface area (Å²) in [5, 5.41) is 0.620. The predicted octanol–water partition coefficient (Wildman–Crippen LogP) is 1.82. The Bertz CT molecular complexity index is 652. The molecule has 1 atom stereocenters. The van der Waals surface area contributed by atoms with Gasteiger partial charge in [-0.3, -0.25) is 9.59 Å². The Kier molecular flexibility index (Phi) is 4.67. The lowest BCUT2D eigenvalue weighted by Crippen LogP contribution is -2.51. The van der Waals surface area contributed by atoms with Gasteiger partial charge in [-0.15, -0.1) is 0 Å². The van der Waals surface area contributed by atoms with E-state index in [0.717, 1.165) is 38.3 Å². The number of likely N-dealkylation sites (tertiary alicyclic amines) is 2. The van der Waals surface area contributed by atoms with Crippen LogP contribution in [0, 0.1) is 11.3 Å². The molecule has 1 aromatic heterocycles. The Morgan fingerprint density at radius 3 is 2.80 bits per heavy atom. The zero-order valence-corrected chi connectivity index (χ0v) is 15.2. The highest BCUT2D eigenvalue weighted by Crippen LogP contribution is 2.41. The van der Waals surface area contributed by atoms with Gasteiger partial charge < -0.3 is 9.80 Å². The van der Waals surface area contributed by atoms with Gasteiger partial charge in [0.05, 0.1) is 11.2 Å². The Morgan fingerprint density at radius 2 is 2.04 bits per heavy atom. The van der Waals surface area contributed by atoms with Gasteiger partial charge in [0.1, 0.15) is 0 Å². The minimum atomic E-state index is -0.323. The summed E-state index contributed by atoms with van der Waals surface area (Å²) in [5.41, 5.74) is -0.323. The first-order chi connectivity index (χ1) is 12.2. The number of rotatable bonds is 5. The van der Waals surface area contributed by atoms with Crippen molar-refractivity contribution >= 4 is 23.6 Å². The minimum Gasteiger partial charge on any atom is -0.342 e. The molecule has 1 unspecified atom stereocenters. The number of carbonyl (C=O) groups is 2. The van der Waals surface area contributed by atoms with E-state index in [1.165, 1.54) is 24.6 Å². The third kappa shape index (κ3) is 3.66. The van der Waals surface area contributed by atoms with Gasteiger partial charge in [-0.25, -0.2) is 9.97 Å². The fourth-order valence-electron chi connectivity index (χ4n) is 3.98. The summed E-state index contributed by atoms with van der Waals surface area (Å²) in [6, 6.07) is 1.76. The molecule has 25 heavy (non-hydrogen) atoms. The van der Waals surface area contributed by atoms with E-state index in [9.17, 15) is 9.59 Å². The molecule has 0 bridgehead atoms. The predicted molar refractivity (Wildman–Crippen MR) is 94.9 cm³/mol. The van der Waals surface area contributed by atoms with Crippen LogP contribution in [0.2, 0.25) is 0 Å². The number of hydrogen-bond acceptors (Lipinski definition) is 5. The molecule has 2 aliphatic heterocycles. The van der Waals surface area contributed by atoms with E-state index < -0.39 is 0 Å². The first-order valence-electron chi connectivity index (χ1n) is 9.13. The molecule has 0 aromatic carbocycles. The number of hydrogen-bond donors (Lipinski definition) is 0. The SMILES string of the molecule is O=C(CSc1ncccn1)N1CCC2(CCCN(CC3CC3)C2=O)C1. The highest BCUT2D eigenvalue weighted by Gasteiger charge is 2.49. The Labute approximate surface area is 152 Å². The van der Waals surface area contributed by atoms with E-state index in [4.69, 9.17) is 0 Å². The molecular weight excluding hydrogens is 336 g/mol. The summed E-state index contributed by atoms with van der Waals surface area (Å²) >= 11 is 1.36. The fraction of sp³-hybridized carbons (Fsp3) is 0.667. The van der Waals surface area contributed by atoms with Crippen LogP contribution in [0.25, 0.3) is 0 Å². The number of piperidine rings is 1. The third-order valence-corrected chi connectivity index (χ3v) is 6.43. The summed E-state index contributed by atoms with van der Waals surface area (Å²) in [6.45, 7) is 3.10. The monoisotopic (exact) mass is 360 g/mol. The molecule has 3 fully saturated rings. The largest absolute Gasteiger partial charge is 0.342 e. The van der Waals surface area contributed by atoms with Crippen LogP contribution >= 0.6 is 11.8 Å². The normalized spacial score (nSPS) is 26.5. The lowest BCUT2D eigenvalue weighted by atomic mass is 9.78. The number of aromatic nitrogens is 2. The van der Waals surface area contributed by atoms with Crippen molar-refractivity contribution in [1.29, 1.82) is 0 Å². The maximum Gasteiger partial charge on any atom is 0.233 e. The zero-order valence-electron chi connectivity index (χ0n) is 14.4. The highest BCUT2D eigenvalue weighted by atomic mass is 32.2. The van der Waals surface area contributed by atoms with Gasteiger partial charge in [0.15, 0.2) is 5.16 Å². The molecule has 1 aliphatic carbocycles. The molecule has 1 aromatic rings. The second-order valence-corrected chi connectivity index (χ2v) is 8.41. The molecule has 0 radical (unpaired) electrons. The van der Waals surface area contributed by atoms with Crippen LogP contribution in [0.15, 0.2) is 23.6 Å². The highest BCUT2D eigenvalue weighted by molar-refractivity contribution is 7.99. The van der Waals surface area contributed by atoms with Crippen molar-refractivity contribution in [2.75, 3.05) is 31.9 Å². The topological polar surface area (TPSA) is 66.4 Å². The maximum absolute atomic E-state index is 13.0. The minimum absolute atomic E-state index is 0.0847. The number of carbonyl (C=O) groups excluding carboxylic acids is 2. The Balaban J connectivity index is 1.34. The molecule has 4 rings (SSSR count). The maximum atomic E-state index is 13.0. The standard InChI is InChI=1S/C18H24N4O2S/c23-15(12-25-17-19-7-2-8-20-17)22-10-6-18(13-22)5-1-9-21(16(18)24)11-14-3-4-14/h2,7-8,14H,1,3-6,9-13H2. The molecule has 3 heterocycles. The zero-order chi connectivity index (χ0) is 17.3. The van der Waals surface area contributed by atoms with Crippen LogP contribution < -0.4 is 0 Å². The Morgan fingerprint density at radius 1 is 1.24 bits per heavy atom. The molecule has 3 aliphatic rings. The van der Waals surface area contributed by atoms with E-state index in [1.807, 2.05) is 4.90 Å². The third-order valence-electron chi connectivity index (χ3n) is 5.57. The molecule has 2 saturated heterocycles. The summed E-state index contributed by atoms with van der Waals surface area (Å²) in [5.74, 6) is 1.43. The van der Waals surface area contributed by atoms with E-state index >= 15 is 0 Å². The molecule has 7 heteroatoms. The smallest absolute Gasteiger partial charge is 0.233 e. The first kappa shape index (κ1) is 16.8. The van der Waals surface area contributed by atoms with E-state index in [1.54, 1.807) is 18.5 Å². The van der Waals surface area contributed by atoms with E-state index in [-0.39, 0.29) is 11.3 Å². The van der Waals surface area contributed by atoms with Crippen molar-refractivity contribution in [2.45, 2.75) is 37.3 Å². The van der Waals surface area contributed by atoms with Gasteiger partial charge in [-0.05, 0) is 44.1 Å². The van der Waals surface area contributed by atoms with Crippen LogP contribution in [0.4, 0.5) is 0 Å². The number of nitrogens with zero attached hydrogens (tertiary/aromatic N) is 4. The van der Waals surface area contributed by atoms with Gasteiger partial charge in [0.2, 0.25) is 11.8 Å². The van der Waals surface area contributed by atoms with Gasteiger partial charge in [0, 0.05) is 38.6 Å². The first-order valence-corrected chi connectivity index (χ1v) is 10.1. The van der Waals surface area contributed by atoms with Crippen molar-refractivity contribution < 1.29 is 9.59 Å². The summed E-state index contributed by atoms with van der Waals surface area (Å²) < 4.78 is 0. The van der Waals surface area contributed by atoms with Crippen LogP contribution in [0.1, 0.15) is 32.1 Å². The average molecular weight is 360 g/mol. The lowest BCUT2D eigenvalue weighted by Gasteiger charge is -2.39. The molecule has 134 valence electrons. The molecule has 2 amide bonds. The number of thioether (sulfide) groups is 1. The van der Waals surface area contributed by atoms with Crippen LogP contribution in [0.3, 0.4) is 0 Å². The van der Waals surface area contributed by atoms with E-state index in [0.29, 0.717) is 29.9 Å². The molecular formula is C18H24N4O2S. The quantitative estimate of drug-likeness (QED) is 0.592. The summed E-state index contributed by atoms with van der Waals surface area (Å²) in [4.78, 5) is 37.8. The lowest BCUT2D eigenvalue weighted by molar-refractivity contribution is -0.146. The molecule has 6 nitrogen and oxygen atoms in total.